The van der Waals surface area contributed by atoms with Crippen molar-refractivity contribution in [1.29, 1.82) is 0 Å². The molecule has 28 heavy (non-hydrogen) atoms. The van der Waals surface area contributed by atoms with Gasteiger partial charge in [0.2, 0.25) is 5.91 Å². The fourth-order valence-electron chi connectivity index (χ4n) is 3.89. The Balaban J connectivity index is 1.48. The maximum atomic E-state index is 13.3. The largest absolute Gasteiger partial charge is 0.340 e. The molecule has 0 radical (unpaired) electrons. The van der Waals surface area contributed by atoms with E-state index in [0.29, 0.717) is 26.2 Å². The number of carbonyl (C=O) groups excluding carboxylic acids is 1. The maximum Gasteiger partial charge on any atom is 0.236 e. The molecule has 1 aromatic heterocycles. The minimum absolute atomic E-state index is 0.00916. The molecule has 0 unspecified atom stereocenters. The molecule has 2 atom stereocenters. The highest BCUT2D eigenvalue weighted by Crippen LogP contribution is 2.39. The van der Waals surface area contributed by atoms with Crippen molar-refractivity contribution in [3.8, 4) is 0 Å². The minimum Gasteiger partial charge on any atom is -0.340 e. The molecule has 2 aliphatic heterocycles. The van der Waals surface area contributed by atoms with E-state index in [9.17, 15) is 17.6 Å². The van der Waals surface area contributed by atoms with E-state index in [1.807, 2.05) is 10.3 Å². The van der Waals surface area contributed by atoms with Crippen molar-refractivity contribution in [2.24, 2.45) is 0 Å². The molecule has 1 amide bonds. The summed E-state index contributed by atoms with van der Waals surface area (Å²) in [5, 5.41) is 6.09. The summed E-state index contributed by atoms with van der Waals surface area (Å²) in [5.41, 5.74) is 1.82. The number of carbonyl (C=O) groups is 1. The number of aromatic nitrogens is 2. The summed E-state index contributed by atoms with van der Waals surface area (Å²) < 4.78 is 40.4. The number of likely N-dealkylation sites (tertiary alicyclic amines) is 1. The van der Waals surface area contributed by atoms with Gasteiger partial charge in [-0.25, -0.2) is 12.8 Å². The van der Waals surface area contributed by atoms with Crippen LogP contribution in [0.15, 0.2) is 29.6 Å². The van der Waals surface area contributed by atoms with Crippen LogP contribution in [-0.2, 0) is 14.6 Å². The number of hydrogen-bond donors (Lipinski definition) is 0. The van der Waals surface area contributed by atoms with Crippen molar-refractivity contribution >= 4 is 27.3 Å². The van der Waals surface area contributed by atoms with Crippen molar-refractivity contribution in [2.45, 2.75) is 11.8 Å². The highest BCUT2D eigenvalue weighted by molar-refractivity contribution is 7.91. The van der Waals surface area contributed by atoms with Crippen molar-refractivity contribution < 1.29 is 17.6 Å². The molecule has 7 nitrogen and oxygen atoms in total. The number of rotatable bonds is 4. The van der Waals surface area contributed by atoms with Gasteiger partial charge in [0.05, 0.1) is 23.7 Å². The van der Waals surface area contributed by atoms with Gasteiger partial charge >= 0.3 is 0 Å². The molecule has 0 bridgehead atoms. The van der Waals surface area contributed by atoms with Crippen LogP contribution in [0, 0.1) is 5.82 Å². The highest BCUT2D eigenvalue weighted by Gasteiger charge is 2.39. The van der Waals surface area contributed by atoms with Gasteiger partial charge in [0.1, 0.15) is 5.82 Å². The maximum absolute atomic E-state index is 13.3. The van der Waals surface area contributed by atoms with Gasteiger partial charge in [0.15, 0.2) is 9.84 Å². The van der Waals surface area contributed by atoms with E-state index >= 15 is 0 Å². The van der Waals surface area contributed by atoms with E-state index < -0.39 is 9.84 Å². The van der Waals surface area contributed by atoms with Gasteiger partial charge in [-0.3, -0.25) is 9.69 Å². The van der Waals surface area contributed by atoms with E-state index in [-0.39, 0.29) is 41.6 Å². The standard InChI is InChI=1S/C18H21FN4O3S2/c19-14-3-1-13(2-4-14)15-9-23(10-16(15)17-12-27-21-20-17)18(24)11-22-5-7-28(25,26)8-6-22/h1-4,12,15-16H,5-11H2/t15-,16+/m0/s1. The summed E-state index contributed by atoms with van der Waals surface area (Å²) in [7, 11) is -2.97. The Morgan fingerprint density at radius 2 is 1.82 bits per heavy atom. The third kappa shape index (κ3) is 4.23. The average Bonchev–Trinajstić information content (AvgIpc) is 3.33. The van der Waals surface area contributed by atoms with Crippen molar-refractivity contribution in [3.63, 3.8) is 0 Å². The van der Waals surface area contributed by atoms with Crippen LogP contribution in [0.25, 0.3) is 0 Å². The lowest BCUT2D eigenvalue weighted by molar-refractivity contribution is -0.131. The van der Waals surface area contributed by atoms with Crippen molar-refractivity contribution in [2.75, 3.05) is 44.2 Å². The lowest BCUT2D eigenvalue weighted by Gasteiger charge is -2.28. The molecule has 2 aliphatic rings. The van der Waals surface area contributed by atoms with Crippen LogP contribution >= 0.6 is 11.5 Å². The topological polar surface area (TPSA) is 83.5 Å². The molecule has 4 rings (SSSR count). The predicted octanol–water partition coefficient (Wildman–Crippen LogP) is 1.12. The Bertz CT molecular complexity index is 920. The molecule has 0 aliphatic carbocycles. The van der Waals surface area contributed by atoms with Gasteiger partial charge in [-0.05, 0) is 29.2 Å². The number of hydrogen-bond acceptors (Lipinski definition) is 7. The number of benzene rings is 1. The third-order valence-electron chi connectivity index (χ3n) is 5.52. The normalized spacial score (nSPS) is 25.1. The number of sulfone groups is 1. The predicted molar refractivity (Wildman–Crippen MR) is 103 cm³/mol. The molecule has 3 heterocycles. The van der Waals surface area contributed by atoms with E-state index in [0.717, 1.165) is 11.3 Å². The van der Waals surface area contributed by atoms with Crippen LogP contribution in [0.5, 0.6) is 0 Å². The molecule has 0 spiro atoms. The van der Waals surface area contributed by atoms with E-state index in [4.69, 9.17) is 0 Å². The highest BCUT2D eigenvalue weighted by atomic mass is 32.2. The molecule has 2 aromatic rings. The van der Waals surface area contributed by atoms with Gasteiger partial charge in [-0.1, -0.05) is 16.6 Å². The van der Waals surface area contributed by atoms with E-state index in [1.165, 1.54) is 23.7 Å². The smallest absolute Gasteiger partial charge is 0.236 e. The third-order valence-corrected chi connectivity index (χ3v) is 7.66. The zero-order chi connectivity index (χ0) is 19.7. The zero-order valence-corrected chi connectivity index (χ0v) is 16.8. The summed E-state index contributed by atoms with van der Waals surface area (Å²) in [6.45, 7) is 2.05. The minimum atomic E-state index is -2.97. The summed E-state index contributed by atoms with van der Waals surface area (Å²) in [4.78, 5) is 16.6. The van der Waals surface area contributed by atoms with Crippen LogP contribution < -0.4 is 0 Å². The lowest BCUT2D eigenvalue weighted by atomic mass is 9.87. The lowest BCUT2D eigenvalue weighted by Crippen LogP contribution is -2.46. The molecular weight excluding hydrogens is 403 g/mol. The summed E-state index contributed by atoms with van der Waals surface area (Å²) >= 11 is 1.27. The first-order valence-corrected chi connectivity index (χ1v) is 11.8. The van der Waals surface area contributed by atoms with Gasteiger partial charge < -0.3 is 4.90 Å². The molecule has 0 saturated carbocycles. The SMILES string of the molecule is O=C(CN1CCS(=O)(=O)CC1)N1C[C@@H](c2ccc(F)cc2)[C@H](c2csnn2)C1. The number of amides is 1. The van der Waals surface area contributed by atoms with Crippen LogP contribution in [0.3, 0.4) is 0 Å². The number of halogens is 1. The fourth-order valence-corrected chi connectivity index (χ4v) is 5.68. The quantitative estimate of drug-likeness (QED) is 0.731. The molecule has 150 valence electrons. The first-order valence-electron chi connectivity index (χ1n) is 9.14. The molecule has 2 fully saturated rings. The van der Waals surface area contributed by atoms with E-state index in [1.54, 1.807) is 17.0 Å². The van der Waals surface area contributed by atoms with Crippen molar-refractivity contribution in [3.05, 3.63) is 46.7 Å². The van der Waals surface area contributed by atoms with Gasteiger partial charge in [-0.15, -0.1) is 5.10 Å². The first-order chi connectivity index (χ1) is 13.4. The van der Waals surface area contributed by atoms with Crippen LogP contribution in [0.4, 0.5) is 4.39 Å². The Hall–Kier alpha value is -1.91. The Morgan fingerprint density at radius 3 is 2.46 bits per heavy atom. The summed E-state index contributed by atoms with van der Waals surface area (Å²) in [6, 6.07) is 6.39. The zero-order valence-electron chi connectivity index (χ0n) is 15.2. The Labute approximate surface area is 167 Å². The van der Waals surface area contributed by atoms with Crippen molar-refractivity contribution in [1.82, 2.24) is 19.4 Å². The van der Waals surface area contributed by atoms with E-state index in [2.05, 4.69) is 9.59 Å². The van der Waals surface area contributed by atoms with Crippen LogP contribution in [-0.4, -0.2) is 77.9 Å². The molecule has 0 N–H and O–H groups in total. The fraction of sp³-hybridized carbons (Fsp3) is 0.500. The molecule has 10 heteroatoms. The van der Waals surface area contributed by atoms with Gasteiger partial charge in [-0.2, -0.15) is 0 Å². The first kappa shape index (κ1) is 19.4. The molecule has 2 saturated heterocycles. The van der Waals surface area contributed by atoms with Crippen LogP contribution in [0.1, 0.15) is 23.1 Å². The van der Waals surface area contributed by atoms with Gasteiger partial charge in [0, 0.05) is 43.4 Å². The second-order valence-corrected chi connectivity index (χ2v) is 10.2. The molecular formula is C18H21FN4O3S2. The summed E-state index contributed by atoms with van der Waals surface area (Å²) in [6.07, 6.45) is 0. The monoisotopic (exact) mass is 424 g/mol. The Kier molecular flexibility index (Phi) is 5.44. The van der Waals surface area contributed by atoms with Crippen LogP contribution in [0.2, 0.25) is 0 Å². The second kappa shape index (κ2) is 7.84. The van der Waals surface area contributed by atoms with Gasteiger partial charge in [0.25, 0.3) is 0 Å². The summed E-state index contributed by atoms with van der Waals surface area (Å²) in [5.74, 6) is -0.0687. The number of nitrogens with zero attached hydrogens (tertiary/aromatic N) is 4. The average molecular weight is 425 g/mol. The molecule has 1 aromatic carbocycles. The second-order valence-electron chi connectivity index (χ2n) is 7.32. The Morgan fingerprint density at radius 1 is 1.14 bits per heavy atom.